The molecule has 0 aromatic heterocycles. The highest BCUT2D eigenvalue weighted by Crippen LogP contribution is 2.19. The molecule has 1 aromatic carbocycles. The minimum Gasteiger partial charge on any atom is -0.382 e. The monoisotopic (exact) mass is 383 g/mol. The van der Waals surface area contributed by atoms with Gasteiger partial charge in [-0.2, -0.15) is 0 Å². The second kappa shape index (κ2) is 10.0. The van der Waals surface area contributed by atoms with Crippen LogP contribution in [0.3, 0.4) is 0 Å². The zero-order valence-corrected chi connectivity index (χ0v) is 16.5. The van der Waals surface area contributed by atoms with Crippen molar-refractivity contribution in [2.75, 3.05) is 45.8 Å². The number of hydrogen-bond donors (Lipinski definition) is 0. The zero-order chi connectivity index (χ0) is 19.0. The van der Waals surface area contributed by atoms with Gasteiger partial charge in [-0.15, -0.1) is 0 Å². The van der Waals surface area contributed by atoms with Crippen molar-refractivity contribution in [1.82, 2.24) is 4.90 Å². The van der Waals surface area contributed by atoms with Gasteiger partial charge in [0.05, 0.1) is 30.3 Å². The van der Waals surface area contributed by atoms with Crippen LogP contribution in [0.2, 0.25) is 0 Å². The molecule has 1 amide bonds. The summed E-state index contributed by atoms with van der Waals surface area (Å²) in [6, 6.07) is 6.64. The number of piperidine rings is 1. The largest absolute Gasteiger partial charge is 0.382 e. The average Bonchev–Trinajstić information content (AvgIpc) is 2.66. The number of benzene rings is 1. The Morgan fingerprint density at radius 3 is 2.38 bits per heavy atom. The van der Waals surface area contributed by atoms with E-state index in [1.165, 1.54) is 0 Å². The number of nitrogens with zero attached hydrogens (tertiary/aromatic N) is 1. The highest BCUT2D eigenvalue weighted by Gasteiger charge is 2.23. The molecule has 1 fully saturated rings. The SMILES string of the molecule is CCS(=O)(=O)c1ccc(CC(=O)N2CCC(COCCOC)CC2)cc1. The Balaban J connectivity index is 1.78. The van der Waals surface area contributed by atoms with Gasteiger partial charge in [0.2, 0.25) is 5.91 Å². The Hall–Kier alpha value is -1.44. The van der Waals surface area contributed by atoms with Crippen LogP contribution >= 0.6 is 0 Å². The minimum absolute atomic E-state index is 0.0788. The molecule has 1 heterocycles. The van der Waals surface area contributed by atoms with Crippen molar-refractivity contribution in [3.8, 4) is 0 Å². The molecular weight excluding hydrogens is 354 g/mol. The summed E-state index contributed by atoms with van der Waals surface area (Å²) in [4.78, 5) is 14.7. The van der Waals surface area contributed by atoms with E-state index in [0.717, 1.165) is 38.1 Å². The fourth-order valence-electron chi connectivity index (χ4n) is 3.01. The third kappa shape index (κ3) is 6.07. The average molecular weight is 384 g/mol. The smallest absolute Gasteiger partial charge is 0.226 e. The first-order valence-corrected chi connectivity index (χ1v) is 10.8. The second-order valence-corrected chi connectivity index (χ2v) is 8.89. The predicted molar refractivity (Wildman–Crippen MR) is 99.9 cm³/mol. The van der Waals surface area contributed by atoms with Crippen molar-refractivity contribution < 1.29 is 22.7 Å². The fourth-order valence-corrected chi connectivity index (χ4v) is 3.89. The summed E-state index contributed by atoms with van der Waals surface area (Å²) in [5.74, 6) is 0.666. The van der Waals surface area contributed by atoms with Crippen LogP contribution in [0.4, 0.5) is 0 Å². The lowest BCUT2D eigenvalue weighted by molar-refractivity contribution is -0.132. The standard InChI is InChI=1S/C19H29NO5S/c1-3-26(22,23)18-6-4-16(5-7-18)14-19(21)20-10-8-17(9-11-20)15-25-13-12-24-2/h4-7,17H,3,8-15H2,1-2H3. The molecule has 7 heteroatoms. The van der Waals surface area contributed by atoms with E-state index >= 15 is 0 Å². The van der Waals surface area contributed by atoms with Crippen LogP contribution in [-0.4, -0.2) is 65.0 Å². The van der Waals surface area contributed by atoms with Crippen LogP contribution in [-0.2, 0) is 30.5 Å². The Morgan fingerprint density at radius 1 is 1.15 bits per heavy atom. The van der Waals surface area contributed by atoms with Crippen molar-refractivity contribution in [3.63, 3.8) is 0 Å². The van der Waals surface area contributed by atoms with Gasteiger partial charge in [-0.05, 0) is 36.5 Å². The van der Waals surface area contributed by atoms with Gasteiger partial charge in [-0.25, -0.2) is 8.42 Å². The van der Waals surface area contributed by atoms with Crippen molar-refractivity contribution in [2.45, 2.75) is 31.1 Å². The Bertz CT molecular complexity index is 664. The van der Waals surface area contributed by atoms with E-state index in [-0.39, 0.29) is 11.7 Å². The third-order valence-electron chi connectivity index (χ3n) is 4.77. The summed E-state index contributed by atoms with van der Waals surface area (Å²) in [5.41, 5.74) is 0.843. The maximum Gasteiger partial charge on any atom is 0.226 e. The topological polar surface area (TPSA) is 72.9 Å². The predicted octanol–water partition coefficient (Wildman–Crippen LogP) is 1.92. The molecule has 1 aliphatic rings. The zero-order valence-electron chi connectivity index (χ0n) is 15.6. The summed E-state index contributed by atoms with van der Waals surface area (Å²) in [7, 11) is -1.54. The van der Waals surface area contributed by atoms with Gasteiger partial charge in [0.25, 0.3) is 0 Å². The van der Waals surface area contributed by atoms with E-state index in [0.29, 0.717) is 30.4 Å². The quantitative estimate of drug-likeness (QED) is 0.609. The summed E-state index contributed by atoms with van der Waals surface area (Å²) in [6.45, 7) is 5.06. The summed E-state index contributed by atoms with van der Waals surface area (Å²) >= 11 is 0. The molecule has 1 aromatic rings. The lowest BCUT2D eigenvalue weighted by atomic mass is 9.97. The molecule has 0 spiro atoms. The summed E-state index contributed by atoms with van der Waals surface area (Å²) in [6.07, 6.45) is 2.21. The second-order valence-electron chi connectivity index (χ2n) is 6.62. The van der Waals surface area contributed by atoms with Gasteiger partial charge < -0.3 is 14.4 Å². The number of hydrogen-bond acceptors (Lipinski definition) is 5. The van der Waals surface area contributed by atoms with Crippen LogP contribution in [0.5, 0.6) is 0 Å². The highest BCUT2D eigenvalue weighted by molar-refractivity contribution is 7.91. The number of rotatable bonds is 9. The maximum atomic E-state index is 12.5. The van der Waals surface area contributed by atoms with Crippen molar-refractivity contribution in [1.29, 1.82) is 0 Å². The van der Waals surface area contributed by atoms with E-state index < -0.39 is 9.84 Å². The molecule has 26 heavy (non-hydrogen) atoms. The van der Waals surface area contributed by atoms with Gasteiger partial charge in [0.15, 0.2) is 9.84 Å². The number of likely N-dealkylation sites (tertiary alicyclic amines) is 1. The van der Waals surface area contributed by atoms with E-state index in [9.17, 15) is 13.2 Å². The van der Waals surface area contributed by atoms with Gasteiger partial charge >= 0.3 is 0 Å². The molecule has 1 saturated heterocycles. The Labute approximate surface area is 156 Å². The van der Waals surface area contributed by atoms with Crippen molar-refractivity contribution in [3.05, 3.63) is 29.8 Å². The molecule has 1 aliphatic heterocycles. The first-order chi connectivity index (χ1) is 12.5. The summed E-state index contributed by atoms with van der Waals surface area (Å²) in [5, 5.41) is 0. The fraction of sp³-hybridized carbons (Fsp3) is 0.632. The lowest BCUT2D eigenvalue weighted by Crippen LogP contribution is -2.40. The number of carbonyl (C=O) groups is 1. The number of carbonyl (C=O) groups excluding carboxylic acids is 1. The first-order valence-electron chi connectivity index (χ1n) is 9.12. The maximum absolute atomic E-state index is 12.5. The Morgan fingerprint density at radius 2 is 1.81 bits per heavy atom. The number of methoxy groups -OCH3 is 1. The third-order valence-corrected chi connectivity index (χ3v) is 6.52. The first kappa shape index (κ1) is 20.9. The van der Waals surface area contributed by atoms with Crippen LogP contribution in [0.1, 0.15) is 25.3 Å². The highest BCUT2D eigenvalue weighted by atomic mass is 32.2. The Kier molecular flexibility index (Phi) is 8.06. The number of ether oxygens (including phenoxy) is 2. The molecule has 0 N–H and O–H groups in total. The van der Waals surface area contributed by atoms with E-state index in [1.54, 1.807) is 38.3 Å². The molecule has 146 valence electrons. The molecule has 0 bridgehead atoms. The summed E-state index contributed by atoms with van der Waals surface area (Å²) < 4.78 is 34.2. The van der Waals surface area contributed by atoms with E-state index in [2.05, 4.69) is 0 Å². The normalized spacial score (nSPS) is 16.0. The van der Waals surface area contributed by atoms with E-state index in [4.69, 9.17) is 9.47 Å². The minimum atomic E-state index is -3.20. The van der Waals surface area contributed by atoms with Crippen LogP contribution < -0.4 is 0 Å². The van der Waals surface area contributed by atoms with Crippen LogP contribution in [0, 0.1) is 5.92 Å². The van der Waals surface area contributed by atoms with Crippen LogP contribution in [0.25, 0.3) is 0 Å². The van der Waals surface area contributed by atoms with Crippen LogP contribution in [0.15, 0.2) is 29.2 Å². The molecule has 6 nitrogen and oxygen atoms in total. The van der Waals surface area contributed by atoms with Crippen molar-refractivity contribution in [2.24, 2.45) is 5.92 Å². The molecule has 2 rings (SSSR count). The molecule has 0 unspecified atom stereocenters. The number of amides is 1. The molecular formula is C19H29NO5S. The van der Waals surface area contributed by atoms with Gasteiger partial charge in [0.1, 0.15) is 0 Å². The molecule has 0 saturated carbocycles. The van der Waals surface area contributed by atoms with Crippen molar-refractivity contribution >= 4 is 15.7 Å². The lowest BCUT2D eigenvalue weighted by Gasteiger charge is -2.32. The number of sulfone groups is 1. The molecule has 0 radical (unpaired) electrons. The van der Waals surface area contributed by atoms with Gasteiger partial charge in [-0.1, -0.05) is 19.1 Å². The molecule has 0 aliphatic carbocycles. The van der Waals surface area contributed by atoms with Gasteiger partial charge in [0, 0.05) is 26.8 Å². The molecule has 0 atom stereocenters. The van der Waals surface area contributed by atoms with E-state index in [1.807, 2.05) is 4.90 Å². The van der Waals surface area contributed by atoms with Gasteiger partial charge in [-0.3, -0.25) is 4.79 Å².